The van der Waals surface area contributed by atoms with Crippen LogP contribution in [0.5, 0.6) is 0 Å². The Morgan fingerprint density at radius 1 is 1.24 bits per heavy atom. The second-order valence-electron chi connectivity index (χ2n) is 7.62. The van der Waals surface area contributed by atoms with Crippen molar-refractivity contribution < 1.29 is 17.9 Å². The maximum absolute atomic E-state index is 12.3. The molecular weight excluding hydrogens is 507 g/mol. The molecule has 1 heterocycles. The molecule has 0 saturated carbocycles. The first-order chi connectivity index (χ1) is 13.1. The number of benzene rings is 1. The molecule has 0 bridgehead atoms. The lowest BCUT2D eigenvalue weighted by Crippen LogP contribution is -2.63. The number of hydrogen-bond acceptors (Lipinski definition) is 5. The molecule has 10 heteroatoms. The number of carbonyl (C=O) groups is 1. The Kier molecular flexibility index (Phi) is 9.66. The topological polar surface area (TPSA) is 100 Å². The van der Waals surface area contributed by atoms with Crippen molar-refractivity contribution in [2.75, 3.05) is 31.9 Å². The van der Waals surface area contributed by atoms with Gasteiger partial charge in [-0.15, -0.1) is 24.0 Å². The van der Waals surface area contributed by atoms with Crippen LogP contribution in [0.2, 0.25) is 0 Å². The normalized spacial score (nSPS) is 15.2. The Morgan fingerprint density at radius 2 is 1.86 bits per heavy atom. The molecule has 0 aliphatic carbocycles. The quantitative estimate of drug-likeness (QED) is 0.328. The van der Waals surface area contributed by atoms with Crippen molar-refractivity contribution in [3.63, 3.8) is 0 Å². The number of nitrogens with one attached hydrogen (secondary N) is 2. The van der Waals surface area contributed by atoms with Crippen LogP contribution >= 0.6 is 24.0 Å². The lowest BCUT2D eigenvalue weighted by Gasteiger charge is -2.40. The summed E-state index contributed by atoms with van der Waals surface area (Å²) in [5.74, 6) is 0.474. The number of rotatable bonds is 6. The van der Waals surface area contributed by atoms with Gasteiger partial charge in [0.2, 0.25) is 0 Å². The van der Waals surface area contributed by atoms with Crippen molar-refractivity contribution >= 4 is 45.9 Å². The molecule has 1 amide bonds. The standard InChI is InChI=1S/C19H30N4O4S.HI/c1-5-20-17(21-11-12-28(25,26)16-9-7-6-8-10-16)22-15-13-23(14-15)18(24)27-19(2,3)4;/h6-10,15H,5,11-14H2,1-4H3,(H2,20,21,22);1H. The number of amides is 1. The summed E-state index contributed by atoms with van der Waals surface area (Å²) in [7, 11) is -3.36. The van der Waals surface area contributed by atoms with E-state index in [9.17, 15) is 13.2 Å². The van der Waals surface area contributed by atoms with E-state index < -0.39 is 15.4 Å². The van der Waals surface area contributed by atoms with Crippen LogP contribution in [0.1, 0.15) is 27.7 Å². The van der Waals surface area contributed by atoms with Gasteiger partial charge in [-0.1, -0.05) is 18.2 Å². The van der Waals surface area contributed by atoms with Crippen LogP contribution in [-0.2, 0) is 14.6 Å². The van der Waals surface area contributed by atoms with E-state index in [1.165, 1.54) is 0 Å². The van der Waals surface area contributed by atoms with Gasteiger partial charge < -0.3 is 20.3 Å². The highest BCUT2D eigenvalue weighted by Gasteiger charge is 2.34. The minimum atomic E-state index is -3.36. The monoisotopic (exact) mass is 538 g/mol. The Labute approximate surface area is 190 Å². The Bertz CT molecular complexity index is 788. The largest absolute Gasteiger partial charge is 0.444 e. The second kappa shape index (κ2) is 11.0. The molecule has 0 radical (unpaired) electrons. The van der Waals surface area contributed by atoms with Gasteiger partial charge in [-0.05, 0) is 39.8 Å². The molecule has 1 aliphatic rings. The number of ether oxygens (including phenoxy) is 1. The summed E-state index contributed by atoms with van der Waals surface area (Å²) < 4.78 is 30.0. The number of sulfone groups is 1. The van der Waals surface area contributed by atoms with Crippen LogP contribution in [0.15, 0.2) is 40.2 Å². The fourth-order valence-electron chi connectivity index (χ4n) is 2.58. The highest BCUT2D eigenvalue weighted by molar-refractivity contribution is 14.0. The number of hydrogen-bond donors (Lipinski definition) is 2. The molecule has 1 fully saturated rings. The van der Waals surface area contributed by atoms with Crippen LogP contribution in [0.3, 0.4) is 0 Å². The molecule has 2 rings (SSSR count). The van der Waals surface area contributed by atoms with Gasteiger partial charge in [-0.3, -0.25) is 4.99 Å². The third kappa shape index (κ3) is 8.37. The lowest BCUT2D eigenvalue weighted by molar-refractivity contribution is 0.00700. The van der Waals surface area contributed by atoms with Crippen LogP contribution in [0, 0.1) is 0 Å². The second-order valence-corrected chi connectivity index (χ2v) is 9.73. The van der Waals surface area contributed by atoms with E-state index in [0.29, 0.717) is 30.5 Å². The van der Waals surface area contributed by atoms with Gasteiger partial charge in [0.1, 0.15) is 5.60 Å². The molecule has 0 unspecified atom stereocenters. The molecule has 1 aromatic carbocycles. The number of carbonyl (C=O) groups excluding carboxylic acids is 1. The van der Waals surface area contributed by atoms with E-state index in [4.69, 9.17) is 4.74 Å². The minimum absolute atomic E-state index is 0. The average molecular weight is 538 g/mol. The third-order valence-corrected chi connectivity index (χ3v) is 5.66. The molecule has 164 valence electrons. The average Bonchev–Trinajstić information content (AvgIpc) is 2.56. The molecule has 8 nitrogen and oxygen atoms in total. The van der Waals surface area contributed by atoms with E-state index in [1.807, 2.05) is 27.7 Å². The number of aliphatic imine (C=N–C) groups is 1. The fraction of sp³-hybridized carbons (Fsp3) is 0.579. The van der Waals surface area contributed by atoms with Crippen molar-refractivity contribution in [2.24, 2.45) is 4.99 Å². The summed E-state index contributed by atoms with van der Waals surface area (Å²) in [5.41, 5.74) is -0.518. The van der Waals surface area contributed by atoms with Crippen molar-refractivity contribution in [1.29, 1.82) is 0 Å². The molecule has 1 saturated heterocycles. The molecule has 0 atom stereocenters. The summed E-state index contributed by atoms with van der Waals surface area (Å²) in [4.78, 5) is 18.3. The SMILES string of the molecule is CCNC(=NCCS(=O)(=O)c1ccccc1)NC1CN(C(=O)OC(C)(C)C)C1.I. The Balaban J connectivity index is 0.00000420. The predicted molar refractivity (Wildman–Crippen MR) is 125 cm³/mol. The molecule has 0 aromatic heterocycles. The van der Waals surface area contributed by atoms with Crippen molar-refractivity contribution in [1.82, 2.24) is 15.5 Å². The summed E-state index contributed by atoms with van der Waals surface area (Å²) in [5, 5.41) is 6.32. The van der Waals surface area contributed by atoms with Gasteiger partial charge in [-0.25, -0.2) is 13.2 Å². The molecule has 1 aromatic rings. The highest BCUT2D eigenvalue weighted by Crippen LogP contribution is 2.15. The number of nitrogens with zero attached hydrogens (tertiary/aromatic N) is 2. The lowest BCUT2D eigenvalue weighted by atomic mass is 10.1. The first kappa shape index (κ1) is 25.5. The van der Waals surface area contributed by atoms with Gasteiger partial charge in [0.25, 0.3) is 0 Å². The maximum Gasteiger partial charge on any atom is 0.410 e. The van der Waals surface area contributed by atoms with E-state index in [-0.39, 0.29) is 48.4 Å². The first-order valence-corrected chi connectivity index (χ1v) is 11.1. The van der Waals surface area contributed by atoms with Crippen molar-refractivity contribution in [3.8, 4) is 0 Å². The molecule has 1 aliphatic heterocycles. The number of likely N-dealkylation sites (tertiary alicyclic amines) is 1. The molecule has 2 N–H and O–H groups in total. The predicted octanol–water partition coefficient (Wildman–Crippen LogP) is 2.25. The number of guanidine groups is 1. The molecule has 0 spiro atoms. The zero-order chi connectivity index (χ0) is 20.8. The summed E-state index contributed by atoms with van der Waals surface area (Å²) in [6.45, 7) is 9.27. The van der Waals surface area contributed by atoms with Crippen molar-refractivity contribution in [3.05, 3.63) is 30.3 Å². The summed E-state index contributed by atoms with van der Waals surface area (Å²) >= 11 is 0. The summed E-state index contributed by atoms with van der Waals surface area (Å²) in [6.07, 6.45) is -0.332. The third-order valence-electron chi connectivity index (χ3n) is 3.95. The van der Waals surface area contributed by atoms with Gasteiger partial charge in [0.15, 0.2) is 15.8 Å². The van der Waals surface area contributed by atoms with Crippen LogP contribution < -0.4 is 10.6 Å². The fourth-order valence-corrected chi connectivity index (χ4v) is 3.72. The highest BCUT2D eigenvalue weighted by atomic mass is 127. The van der Waals surface area contributed by atoms with E-state index in [1.54, 1.807) is 35.2 Å². The maximum atomic E-state index is 12.3. The first-order valence-electron chi connectivity index (χ1n) is 9.41. The Hall–Kier alpha value is -1.56. The zero-order valence-electron chi connectivity index (χ0n) is 17.3. The van der Waals surface area contributed by atoms with Crippen LogP contribution in [0.4, 0.5) is 4.79 Å². The van der Waals surface area contributed by atoms with Gasteiger partial charge in [0, 0.05) is 19.6 Å². The molecule has 29 heavy (non-hydrogen) atoms. The smallest absolute Gasteiger partial charge is 0.410 e. The zero-order valence-corrected chi connectivity index (χ0v) is 20.5. The van der Waals surface area contributed by atoms with Gasteiger partial charge in [-0.2, -0.15) is 0 Å². The summed E-state index contributed by atoms with van der Waals surface area (Å²) in [6, 6.07) is 8.41. The van der Waals surface area contributed by atoms with Gasteiger partial charge >= 0.3 is 6.09 Å². The van der Waals surface area contributed by atoms with E-state index in [0.717, 1.165) is 0 Å². The number of halogens is 1. The minimum Gasteiger partial charge on any atom is -0.444 e. The Morgan fingerprint density at radius 3 is 2.41 bits per heavy atom. The van der Waals surface area contributed by atoms with Crippen LogP contribution in [0.25, 0.3) is 0 Å². The molecular formula is C19H31IN4O4S. The van der Waals surface area contributed by atoms with E-state index >= 15 is 0 Å². The van der Waals surface area contributed by atoms with Gasteiger partial charge in [0.05, 0.1) is 23.2 Å². The van der Waals surface area contributed by atoms with Crippen molar-refractivity contribution in [2.45, 2.75) is 44.2 Å². The van der Waals surface area contributed by atoms with E-state index in [2.05, 4.69) is 15.6 Å². The van der Waals surface area contributed by atoms with Crippen LogP contribution in [-0.4, -0.2) is 68.9 Å².